The molecule has 0 spiro atoms. The Bertz CT molecular complexity index is 359. The average Bonchev–Trinajstić information content (AvgIpc) is 2.30. The Morgan fingerprint density at radius 1 is 1.13 bits per heavy atom. The number of benzene rings is 1. The number of hydrogen-bond donors (Lipinski definition) is 0. The molecule has 0 saturated carbocycles. The van der Waals surface area contributed by atoms with E-state index in [-0.39, 0.29) is 0 Å². The first-order valence-corrected chi connectivity index (χ1v) is 5.81. The van der Waals surface area contributed by atoms with Crippen LogP contribution in [0.4, 0.5) is 0 Å². The second-order valence-corrected chi connectivity index (χ2v) is 4.39. The van der Waals surface area contributed by atoms with Gasteiger partial charge in [0.25, 0.3) is 0 Å². The molecule has 2 rings (SSSR count). The van der Waals surface area contributed by atoms with Crippen molar-refractivity contribution in [2.24, 2.45) is 5.92 Å². The molecule has 1 aliphatic carbocycles. The van der Waals surface area contributed by atoms with Crippen LogP contribution in [-0.2, 0) is 0 Å². The van der Waals surface area contributed by atoms with Gasteiger partial charge >= 0.3 is 0 Å². The van der Waals surface area contributed by atoms with Crippen molar-refractivity contribution in [3.63, 3.8) is 0 Å². The Labute approximate surface area is 96.3 Å². The smallest absolute Gasteiger partial charge is 0.0406 e. The summed E-state index contributed by atoms with van der Waals surface area (Å²) in [5, 5.41) is 0.799. The molecule has 0 aromatic heterocycles. The first-order valence-electron chi connectivity index (χ1n) is 5.43. The van der Waals surface area contributed by atoms with E-state index in [1.807, 2.05) is 12.1 Å². The highest BCUT2D eigenvalue weighted by Gasteiger charge is 2.04. The summed E-state index contributed by atoms with van der Waals surface area (Å²) in [5.74, 6) is 0.714. The van der Waals surface area contributed by atoms with Crippen molar-refractivity contribution in [1.82, 2.24) is 0 Å². The lowest BCUT2D eigenvalue weighted by atomic mass is 9.93. The monoisotopic (exact) mass is 218 g/mol. The third kappa shape index (κ3) is 3.24. The third-order valence-electron chi connectivity index (χ3n) is 2.74. The van der Waals surface area contributed by atoms with E-state index in [4.69, 9.17) is 11.6 Å². The summed E-state index contributed by atoms with van der Waals surface area (Å²) in [6, 6.07) is 7.97. The van der Waals surface area contributed by atoms with Crippen LogP contribution in [0.1, 0.15) is 24.8 Å². The molecule has 78 valence electrons. The largest absolute Gasteiger partial charge is 0.0885 e. The lowest BCUT2D eigenvalue weighted by Crippen LogP contribution is -1.97. The summed E-state index contributed by atoms with van der Waals surface area (Å²) in [5.41, 5.74) is 1.23. The van der Waals surface area contributed by atoms with Crippen molar-refractivity contribution in [2.45, 2.75) is 19.3 Å². The van der Waals surface area contributed by atoms with Gasteiger partial charge in [-0.3, -0.25) is 0 Å². The van der Waals surface area contributed by atoms with Crippen molar-refractivity contribution in [1.29, 1.82) is 0 Å². The molecule has 0 aliphatic heterocycles. The van der Waals surface area contributed by atoms with Gasteiger partial charge in [0, 0.05) is 5.02 Å². The molecule has 0 radical (unpaired) electrons. The normalized spacial score (nSPS) is 21.0. The fraction of sp³-hybridized carbons (Fsp3) is 0.286. The van der Waals surface area contributed by atoms with Gasteiger partial charge in [-0.1, -0.05) is 48.0 Å². The Hall–Kier alpha value is -1.01. The van der Waals surface area contributed by atoms with E-state index < -0.39 is 0 Å². The van der Waals surface area contributed by atoms with E-state index in [0.717, 1.165) is 5.02 Å². The van der Waals surface area contributed by atoms with Crippen LogP contribution in [0, 0.1) is 5.92 Å². The van der Waals surface area contributed by atoms with Gasteiger partial charge in [-0.05, 0) is 42.9 Å². The summed E-state index contributed by atoms with van der Waals surface area (Å²) in [6.45, 7) is 0. The van der Waals surface area contributed by atoms with E-state index in [2.05, 4.69) is 36.4 Å². The van der Waals surface area contributed by atoms with Gasteiger partial charge in [0.1, 0.15) is 0 Å². The maximum Gasteiger partial charge on any atom is 0.0406 e. The third-order valence-corrected chi connectivity index (χ3v) is 2.99. The number of hydrogen-bond acceptors (Lipinski definition) is 0. The van der Waals surface area contributed by atoms with E-state index in [0.29, 0.717) is 5.92 Å². The van der Waals surface area contributed by atoms with Gasteiger partial charge in [0.15, 0.2) is 0 Å². The molecule has 0 nitrogen and oxygen atoms in total. The highest BCUT2D eigenvalue weighted by Crippen LogP contribution is 2.20. The minimum atomic E-state index is 0.714. The molecule has 0 fully saturated rings. The molecule has 1 heteroatoms. The zero-order chi connectivity index (χ0) is 10.5. The fourth-order valence-corrected chi connectivity index (χ4v) is 1.94. The average molecular weight is 219 g/mol. The molecule has 0 bridgehead atoms. The van der Waals surface area contributed by atoms with Crippen molar-refractivity contribution >= 4 is 17.7 Å². The fourth-order valence-electron chi connectivity index (χ4n) is 1.81. The van der Waals surface area contributed by atoms with Crippen LogP contribution in [0.15, 0.2) is 42.5 Å². The van der Waals surface area contributed by atoms with Crippen molar-refractivity contribution in [2.75, 3.05) is 0 Å². The van der Waals surface area contributed by atoms with Crippen LogP contribution in [0.3, 0.4) is 0 Å². The van der Waals surface area contributed by atoms with Crippen LogP contribution in [0.2, 0.25) is 5.02 Å². The topological polar surface area (TPSA) is 0 Å². The molecule has 0 saturated heterocycles. The Kier molecular flexibility index (Phi) is 3.63. The van der Waals surface area contributed by atoms with Gasteiger partial charge < -0.3 is 0 Å². The molecule has 1 aromatic carbocycles. The summed E-state index contributed by atoms with van der Waals surface area (Å²) in [4.78, 5) is 0. The summed E-state index contributed by atoms with van der Waals surface area (Å²) < 4.78 is 0. The first-order chi connectivity index (χ1) is 7.34. The quantitative estimate of drug-likeness (QED) is 0.631. The van der Waals surface area contributed by atoms with E-state index >= 15 is 0 Å². The van der Waals surface area contributed by atoms with Crippen LogP contribution < -0.4 is 0 Å². The maximum atomic E-state index is 5.83. The van der Waals surface area contributed by atoms with Crippen LogP contribution in [0.5, 0.6) is 0 Å². The minimum absolute atomic E-state index is 0.714. The van der Waals surface area contributed by atoms with Crippen LogP contribution in [0.25, 0.3) is 6.08 Å². The second-order valence-electron chi connectivity index (χ2n) is 3.96. The van der Waals surface area contributed by atoms with E-state index in [1.54, 1.807) is 0 Å². The predicted molar refractivity (Wildman–Crippen MR) is 67.0 cm³/mol. The van der Waals surface area contributed by atoms with Crippen molar-refractivity contribution in [3.8, 4) is 0 Å². The van der Waals surface area contributed by atoms with E-state index in [1.165, 1.54) is 24.8 Å². The maximum absolute atomic E-state index is 5.83. The zero-order valence-electron chi connectivity index (χ0n) is 8.70. The standard InChI is InChI=1S/C14H15Cl/c15-14-10-8-13(9-11-14)7-6-12-4-2-1-3-5-12/h1-2,6-12H,3-5H2. The number of halogens is 1. The Balaban J connectivity index is 1.98. The zero-order valence-corrected chi connectivity index (χ0v) is 9.45. The molecular weight excluding hydrogens is 204 g/mol. The highest BCUT2D eigenvalue weighted by molar-refractivity contribution is 6.30. The number of rotatable bonds is 2. The number of allylic oxidation sites excluding steroid dienone is 3. The van der Waals surface area contributed by atoms with Gasteiger partial charge in [-0.15, -0.1) is 0 Å². The molecule has 0 amide bonds. The molecule has 0 N–H and O–H groups in total. The lowest BCUT2D eigenvalue weighted by Gasteiger charge is -2.12. The van der Waals surface area contributed by atoms with Gasteiger partial charge in [0.05, 0.1) is 0 Å². The molecule has 15 heavy (non-hydrogen) atoms. The molecule has 1 aromatic rings. The summed E-state index contributed by atoms with van der Waals surface area (Å²) in [6.07, 6.45) is 12.7. The molecule has 1 unspecified atom stereocenters. The van der Waals surface area contributed by atoms with Gasteiger partial charge in [-0.2, -0.15) is 0 Å². The van der Waals surface area contributed by atoms with Gasteiger partial charge in [0.2, 0.25) is 0 Å². The minimum Gasteiger partial charge on any atom is -0.0885 e. The van der Waals surface area contributed by atoms with Crippen LogP contribution >= 0.6 is 11.6 Å². The highest BCUT2D eigenvalue weighted by atomic mass is 35.5. The van der Waals surface area contributed by atoms with Crippen molar-refractivity contribution < 1.29 is 0 Å². The van der Waals surface area contributed by atoms with E-state index in [9.17, 15) is 0 Å². The second kappa shape index (κ2) is 5.18. The molecule has 1 atom stereocenters. The van der Waals surface area contributed by atoms with Gasteiger partial charge in [-0.25, -0.2) is 0 Å². The Morgan fingerprint density at radius 2 is 1.93 bits per heavy atom. The lowest BCUT2D eigenvalue weighted by molar-refractivity contribution is 0.586. The molecule has 0 heterocycles. The predicted octanol–water partition coefficient (Wildman–Crippen LogP) is 4.71. The summed E-state index contributed by atoms with van der Waals surface area (Å²) in [7, 11) is 0. The SMILES string of the molecule is Clc1ccc(C=CC2CC=CCC2)cc1. The van der Waals surface area contributed by atoms with Crippen LogP contribution in [-0.4, -0.2) is 0 Å². The first kappa shape index (κ1) is 10.5. The molecular formula is C14H15Cl. The summed E-state index contributed by atoms with van der Waals surface area (Å²) >= 11 is 5.83. The Morgan fingerprint density at radius 3 is 2.60 bits per heavy atom. The molecule has 1 aliphatic rings. The van der Waals surface area contributed by atoms with Crippen molar-refractivity contribution in [3.05, 3.63) is 53.1 Å².